The Labute approximate surface area is 161 Å². The normalized spacial score (nSPS) is 10.6. The molecule has 0 unspecified atom stereocenters. The van der Waals surface area contributed by atoms with Crippen molar-refractivity contribution in [2.45, 2.75) is 0 Å². The zero-order chi connectivity index (χ0) is 18.6. The standard InChI is InChI=1S/C21H15ClN4O/c22-19-11-10-17-18(12-13-23-20(17)26-19)24-16-8-6-14(7-9-16)21(27)25-15-4-2-1-3-5-15/h1-13H,(H,25,27)(H,23,24,26). The molecule has 0 saturated carbocycles. The second-order valence-electron chi connectivity index (χ2n) is 5.89. The fourth-order valence-electron chi connectivity index (χ4n) is 2.70. The second kappa shape index (κ2) is 7.43. The molecule has 1 amide bonds. The highest BCUT2D eigenvalue weighted by molar-refractivity contribution is 6.29. The number of carbonyl (C=O) groups is 1. The SMILES string of the molecule is O=C(Nc1ccccc1)c1ccc(Nc2ccnc3nc(Cl)ccc23)cc1. The monoisotopic (exact) mass is 374 g/mol. The number of hydrogen-bond donors (Lipinski definition) is 2. The first kappa shape index (κ1) is 17.0. The Balaban J connectivity index is 1.52. The quantitative estimate of drug-likeness (QED) is 0.477. The lowest BCUT2D eigenvalue weighted by Crippen LogP contribution is -2.11. The van der Waals surface area contributed by atoms with E-state index in [-0.39, 0.29) is 5.91 Å². The van der Waals surface area contributed by atoms with Crippen LogP contribution in [0.25, 0.3) is 11.0 Å². The number of carbonyl (C=O) groups excluding carboxylic acids is 1. The first-order valence-electron chi connectivity index (χ1n) is 8.34. The van der Waals surface area contributed by atoms with Gasteiger partial charge in [0.1, 0.15) is 5.15 Å². The topological polar surface area (TPSA) is 66.9 Å². The van der Waals surface area contributed by atoms with Gasteiger partial charge in [-0.3, -0.25) is 4.79 Å². The smallest absolute Gasteiger partial charge is 0.255 e. The van der Waals surface area contributed by atoms with Crippen LogP contribution in [0.15, 0.2) is 79.0 Å². The van der Waals surface area contributed by atoms with Crippen molar-refractivity contribution in [3.05, 3.63) is 89.7 Å². The molecule has 6 heteroatoms. The van der Waals surface area contributed by atoms with Crippen LogP contribution in [0.3, 0.4) is 0 Å². The predicted molar refractivity (Wildman–Crippen MR) is 109 cm³/mol. The lowest BCUT2D eigenvalue weighted by molar-refractivity contribution is 0.102. The van der Waals surface area contributed by atoms with Crippen LogP contribution in [-0.4, -0.2) is 15.9 Å². The fourth-order valence-corrected chi connectivity index (χ4v) is 2.84. The molecule has 0 radical (unpaired) electrons. The number of benzene rings is 2. The molecule has 5 nitrogen and oxygen atoms in total. The van der Waals surface area contributed by atoms with E-state index in [0.717, 1.165) is 22.4 Å². The van der Waals surface area contributed by atoms with E-state index in [2.05, 4.69) is 20.6 Å². The number of nitrogens with one attached hydrogen (secondary N) is 2. The molecule has 0 aliphatic rings. The van der Waals surface area contributed by atoms with Crippen LogP contribution in [0.2, 0.25) is 5.15 Å². The zero-order valence-corrected chi connectivity index (χ0v) is 14.9. The molecule has 132 valence electrons. The number of halogens is 1. The number of amides is 1. The third-order valence-corrected chi connectivity index (χ3v) is 4.24. The lowest BCUT2D eigenvalue weighted by Gasteiger charge is -2.10. The van der Waals surface area contributed by atoms with Gasteiger partial charge in [0.05, 0.1) is 5.69 Å². The molecule has 0 aliphatic heterocycles. The van der Waals surface area contributed by atoms with E-state index in [9.17, 15) is 4.79 Å². The number of aromatic nitrogens is 2. The van der Waals surface area contributed by atoms with Crippen LogP contribution >= 0.6 is 11.6 Å². The summed E-state index contributed by atoms with van der Waals surface area (Å²) in [5, 5.41) is 7.47. The maximum atomic E-state index is 12.3. The number of pyridine rings is 2. The molecular formula is C21H15ClN4O. The van der Waals surface area contributed by atoms with Crippen molar-refractivity contribution in [3.63, 3.8) is 0 Å². The highest BCUT2D eigenvalue weighted by Gasteiger charge is 2.07. The highest BCUT2D eigenvalue weighted by atomic mass is 35.5. The second-order valence-corrected chi connectivity index (χ2v) is 6.27. The van der Waals surface area contributed by atoms with Crippen LogP contribution in [-0.2, 0) is 0 Å². The van der Waals surface area contributed by atoms with Crippen LogP contribution < -0.4 is 10.6 Å². The molecule has 0 saturated heterocycles. The number of para-hydroxylation sites is 1. The first-order valence-corrected chi connectivity index (χ1v) is 8.71. The summed E-state index contributed by atoms with van der Waals surface area (Å²) in [4.78, 5) is 20.8. The van der Waals surface area contributed by atoms with Gasteiger partial charge in [-0.25, -0.2) is 9.97 Å². The van der Waals surface area contributed by atoms with Crippen molar-refractivity contribution < 1.29 is 4.79 Å². The van der Waals surface area contributed by atoms with Crippen molar-refractivity contribution in [3.8, 4) is 0 Å². The number of nitrogens with zero attached hydrogens (tertiary/aromatic N) is 2. The number of fused-ring (bicyclic) bond motifs is 1. The van der Waals surface area contributed by atoms with E-state index >= 15 is 0 Å². The number of rotatable bonds is 4. The molecule has 0 atom stereocenters. The molecule has 0 aliphatic carbocycles. The third kappa shape index (κ3) is 3.88. The molecule has 0 fully saturated rings. The van der Waals surface area contributed by atoms with Gasteiger partial charge in [-0.15, -0.1) is 0 Å². The zero-order valence-electron chi connectivity index (χ0n) is 14.2. The van der Waals surface area contributed by atoms with Crippen LogP contribution in [0.5, 0.6) is 0 Å². The van der Waals surface area contributed by atoms with Crippen LogP contribution in [0, 0.1) is 0 Å². The van der Waals surface area contributed by atoms with Gasteiger partial charge in [-0.1, -0.05) is 29.8 Å². The fraction of sp³-hybridized carbons (Fsp3) is 0. The molecule has 0 bridgehead atoms. The third-order valence-electron chi connectivity index (χ3n) is 4.03. The van der Waals surface area contributed by atoms with Gasteiger partial charge in [0.15, 0.2) is 5.65 Å². The Bertz CT molecular complexity index is 1100. The lowest BCUT2D eigenvalue weighted by atomic mass is 10.1. The average molecular weight is 375 g/mol. The first-order chi connectivity index (χ1) is 13.2. The van der Waals surface area contributed by atoms with Crippen molar-refractivity contribution in [1.82, 2.24) is 9.97 Å². The van der Waals surface area contributed by atoms with Crippen LogP contribution in [0.4, 0.5) is 17.1 Å². The van der Waals surface area contributed by atoms with E-state index < -0.39 is 0 Å². The van der Waals surface area contributed by atoms with E-state index in [0.29, 0.717) is 16.4 Å². The van der Waals surface area contributed by atoms with Gasteiger partial charge in [-0.05, 0) is 54.6 Å². The predicted octanol–water partition coefficient (Wildman–Crippen LogP) is 5.28. The van der Waals surface area contributed by atoms with Crippen molar-refractivity contribution in [2.75, 3.05) is 10.6 Å². The Kier molecular flexibility index (Phi) is 4.68. The summed E-state index contributed by atoms with van der Waals surface area (Å²) < 4.78 is 0. The maximum absolute atomic E-state index is 12.3. The summed E-state index contributed by atoms with van der Waals surface area (Å²) in [5.41, 5.74) is 3.64. The molecule has 4 rings (SSSR count). The van der Waals surface area contributed by atoms with Gasteiger partial charge in [0.2, 0.25) is 0 Å². The Morgan fingerprint density at radius 2 is 1.63 bits per heavy atom. The number of hydrogen-bond acceptors (Lipinski definition) is 4. The molecule has 2 aromatic carbocycles. The molecule has 2 N–H and O–H groups in total. The van der Waals surface area contributed by atoms with Gasteiger partial charge in [0.25, 0.3) is 5.91 Å². The van der Waals surface area contributed by atoms with E-state index in [1.165, 1.54) is 0 Å². The van der Waals surface area contributed by atoms with Crippen molar-refractivity contribution >= 4 is 45.6 Å². The Hall–Kier alpha value is -3.44. The minimum atomic E-state index is -0.152. The minimum absolute atomic E-state index is 0.152. The highest BCUT2D eigenvalue weighted by Crippen LogP contribution is 2.25. The summed E-state index contributed by atoms with van der Waals surface area (Å²) in [5.74, 6) is -0.152. The maximum Gasteiger partial charge on any atom is 0.255 e. The summed E-state index contributed by atoms with van der Waals surface area (Å²) in [7, 11) is 0. The van der Waals surface area contributed by atoms with Gasteiger partial charge < -0.3 is 10.6 Å². The molecule has 2 heterocycles. The summed E-state index contributed by atoms with van der Waals surface area (Å²) in [6.45, 7) is 0. The Morgan fingerprint density at radius 3 is 2.41 bits per heavy atom. The van der Waals surface area contributed by atoms with Crippen molar-refractivity contribution in [1.29, 1.82) is 0 Å². The Morgan fingerprint density at radius 1 is 0.852 bits per heavy atom. The minimum Gasteiger partial charge on any atom is -0.355 e. The molecule has 2 aromatic heterocycles. The summed E-state index contributed by atoms with van der Waals surface area (Å²) in [6, 6.07) is 22.1. The number of anilines is 3. The average Bonchev–Trinajstić information content (AvgIpc) is 2.69. The molecule has 27 heavy (non-hydrogen) atoms. The molecular weight excluding hydrogens is 360 g/mol. The summed E-state index contributed by atoms with van der Waals surface area (Å²) in [6.07, 6.45) is 1.68. The summed E-state index contributed by atoms with van der Waals surface area (Å²) >= 11 is 5.93. The van der Waals surface area contributed by atoms with E-state index in [1.807, 2.05) is 54.6 Å². The van der Waals surface area contributed by atoms with E-state index in [4.69, 9.17) is 11.6 Å². The van der Waals surface area contributed by atoms with Gasteiger partial charge >= 0.3 is 0 Å². The molecule has 4 aromatic rings. The molecule has 0 spiro atoms. The van der Waals surface area contributed by atoms with Gasteiger partial charge in [-0.2, -0.15) is 0 Å². The largest absolute Gasteiger partial charge is 0.355 e. The van der Waals surface area contributed by atoms with Crippen LogP contribution in [0.1, 0.15) is 10.4 Å². The van der Waals surface area contributed by atoms with Crippen molar-refractivity contribution in [2.24, 2.45) is 0 Å². The van der Waals surface area contributed by atoms with E-state index in [1.54, 1.807) is 24.4 Å². The van der Waals surface area contributed by atoms with Gasteiger partial charge in [0, 0.05) is 28.5 Å².